The van der Waals surface area contributed by atoms with Gasteiger partial charge in [0.1, 0.15) is 5.82 Å². The molecule has 162 valence electrons. The molecule has 5 rings (SSSR count). The number of amides is 1. The Kier molecular flexibility index (Phi) is 5.58. The van der Waals surface area contributed by atoms with Crippen molar-refractivity contribution in [2.45, 2.75) is 32.9 Å². The predicted molar refractivity (Wildman–Crippen MR) is 130 cm³/mol. The first-order valence-electron chi connectivity index (χ1n) is 10.9. The second-order valence-electron chi connectivity index (χ2n) is 8.27. The third-order valence-corrected chi connectivity index (χ3v) is 6.28. The van der Waals surface area contributed by atoms with Crippen LogP contribution in [-0.2, 0) is 24.3 Å². The molecule has 0 unspecified atom stereocenters. The van der Waals surface area contributed by atoms with E-state index in [4.69, 9.17) is 16.6 Å². The summed E-state index contributed by atoms with van der Waals surface area (Å²) >= 11 is 6.14. The maximum Gasteiger partial charge on any atom is 0.224 e. The van der Waals surface area contributed by atoms with Gasteiger partial charge in [-0.25, -0.2) is 4.98 Å². The average molecular weight is 445 g/mol. The van der Waals surface area contributed by atoms with E-state index in [0.717, 1.165) is 59.9 Å². The zero-order valence-electron chi connectivity index (χ0n) is 18.0. The van der Waals surface area contributed by atoms with Crippen molar-refractivity contribution in [3.8, 4) is 0 Å². The smallest absolute Gasteiger partial charge is 0.224 e. The number of hydrogen-bond acceptors (Lipinski definition) is 3. The van der Waals surface area contributed by atoms with E-state index in [0.29, 0.717) is 11.4 Å². The van der Waals surface area contributed by atoms with Crippen molar-refractivity contribution in [1.82, 2.24) is 9.55 Å². The number of rotatable bonds is 5. The standard InChI is InChI=1S/C26H25ClN4O/c1-18-15-21(9-10-22(18)29-26(32)12-7-19-5-3-2-4-6-19)30-13-14-31-24-11-8-20(27)16-23(24)28-25(31)17-30/h2-6,8-11,15-16H,7,12-14,17H2,1H3,(H,29,32). The molecule has 6 heteroatoms. The fraction of sp³-hybridized carbons (Fsp3) is 0.231. The van der Waals surface area contributed by atoms with Crippen molar-refractivity contribution in [3.05, 3.63) is 88.7 Å². The molecule has 1 aromatic heterocycles. The molecule has 0 spiro atoms. The molecule has 3 aromatic carbocycles. The van der Waals surface area contributed by atoms with Gasteiger partial charge in [0.25, 0.3) is 0 Å². The number of anilines is 2. The fourth-order valence-electron chi connectivity index (χ4n) is 4.31. The summed E-state index contributed by atoms with van der Waals surface area (Å²) in [5.74, 6) is 1.08. The van der Waals surface area contributed by atoms with Gasteiger partial charge in [-0.05, 0) is 60.9 Å². The summed E-state index contributed by atoms with van der Waals surface area (Å²) < 4.78 is 2.27. The first-order valence-corrected chi connectivity index (χ1v) is 11.3. The summed E-state index contributed by atoms with van der Waals surface area (Å²) in [6, 6.07) is 22.2. The van der Waals surface area contributed by atoms with Crippen LogP contribution < -0.4 is 10.2 Å². The number of imidazole rings is 1. The zero-order chi connectivity index (χ0) is 22.1. The Morgan fingerprint density at radius 3 is 2.72 bits per heavy atom. The Hall–Kier alpha value is -3.31. The molecule has 2 heterocycles. The highest BCUT2D eigenvalue weighted by Gasteiger charge is 2.21. The fourth-order valence-corrected chi connectivity index (χ4v) is 4.48. The predicted octanol–water partition coefficient (Wildman–Crippen LogP) is 5.59. The molecule has 0 atom stereocenters. The molecule has 1 amide bonds. The molecule has 32 heavy (non-hydrogen) atoms. The van der Waals surface area contributed by atoms with Crippen LogP contribution in [0.1, 0.15) is 23.4 Å². The van der Waals surface area contributed by atoms with Gasteiger partial charge in [0, 0.05) is 35.9 Å². The lowest BCUT2D eigenvalue weighted by Crippen LogP contribution is -2.33. The van der Waals surface area contributed by atoms with E-state index in [2.05, 4.69) is 39.0 Å². The molecule has 1 N–H and O–H groups in total. The Bertz CT molecular complexity index is 1280. The average Bonchev–Trinajstić information content (AvgIpc) is 3.16. The number of aryl methyl sites for hydroxylation is 2. The van der Waals surface area contributed by atoms with E-state index in [9.17, 15) is 4.79 Å². The zero-order valence-corrected chi connectivity index (χ0v) is 18.8. The molecular formula is C26H25ClN4O. The van der Waals surface area contributed by atoms with Crippen molar-refractivity contribution in [2.75, 3.05) is 16.8 Å². The minimum atomic E-state index is 0.0371. The maximum absolute atomic E-state index is 12.4. The third-order valence-electron chi connectivity index (χ3n) is 6.05. The second-order valence-corrected chi connectivity index (χ2v) is 8.70. The molecule has 5 nitrogen and oxygen atoms in total. The number of fused-ring (bicyclic) bond motifs is 3. The first kappa shape index (κ1) is 20.6. The quantitative estimate of drug-likeness (QED) is 0.436. The Morgan fingerprint density at radius 1 is 1.06 bits per heavy atom. The molecular weight excluding hydrogens is 420 g/mol. The monoisotopic (exact) mass is 444 g/mol. The molecule has 0 bridgehead atoms. The minimum absolute atomic E-state index is 0.0371. The molecule has 1 aliphatic rings. The first-order chi connectivity index (χ1) is 15.6. The number of carbonyl (C=O) groups is 1. The van der Waals surface area contributed by atoms with Crippen LogP contribution in [0.5, 0.6) is 0 Å². The van der Waals surface area contributed by atoms with Crippen molar-refractivity contribution in [1.29, 1.82) is 0 Å². The lowest BCUT2D eigenvalue weighted by Gasteiger charge is -2.30. The number of nitrogens with one attached hydrogen (secondary N) is 1. The van der Waals surface area contributed by atoms with Gasteiger partial charge in [-0.1, -0.05) is 41.9 Å². The van der Waals surface area contributed by atoms with Crippen molar-refractivity contribution in [2.24, 2.45) is 0 Å². The van der Waals surface area contributed by atoms with E-state index in [1.807, 2.05) is 49.4 Å². The largest absolute Gasteiger partial charge is 0.362 e. The molecule has 4 aromatic rings. The second kappa shape index (κ2) is 8.67. The molecule has 0 saturated carbocycles. The van der Waals surface area contributed by atoms with Gasteiger partial charge in [0.15, 0.2) is 0 Å². The SMILES string of the molecule is Cc1cc(N2CCn3c(nc4cc(Cl)ccc43)C2)ccc1NC(=O)CCc1ccccc1. The minimum Gasteiger partial charge on any atom is -0.362 e. The molecule has 0 aliphatic carbocycles. The molecule has 1 aliphatic heterocycles. The molecule has 0 saturated heterocycles. The summed E-state index contributed by atoms with van der Waals surface area (Å²) in [6.07, 6.45) is 1.21. The van der Waals surface area contributed by atoms with Gasteiger partial charge >= 0.3 is 0 Å². The number of carbonyl (C=O) groups excluding carboxylic acids is 1. The van der Waals surface area contributed by atoms with Crippen LogP contribution in [0.15, 0.2) is 66.7 Å². The van der Waals surface area contributed by atoms with Gasteiger partial charge < -0.3 is 14.8 Å². The Labute approximate surface area is 192 Å². The highest BCUT2D eigenvalue weighted by molar-refractivity contribution is 6.31. The van der Waals surface area contributed by atoms with E-state index in [1.54, 1.807) is 0 Å². The normalized spacial score (nSPS) is 13.2. The van der Waals surface area contributed by atoms with Gasteiger partial charge in [0.05, 0.1) is 17.6 Å². The lowest BCUT2D eigenvalue weighted by molar-refractivity contribution is -0.116. The van der Waals surface area contributed by atoms with Crippen molar-refractivity contribution >= 4 is 39.9 Å². The summed E-state index contributed by atoms with van der Waals surface area (Å²) in [4.78, 5) is 19.6. The van der Waals surface area contributed by atoms with Crippen molar-refractivity contribution in [3.63, 3.8) is 0 Å². The summed E-state index contributed by atoms with van der Waals surface area (Å²) in [7, 11) is 0. The molecule has 0 fully saturated rings. The van der Waals surface area contributed by atoms with Crippen LogP contribution in [0.25, 0.3) is 11.0 Å². The highest BCUT2D eigenvalue weighted by Crippen LogP contribution is 2.28. The Balaban J connectivity index is 1.26. The van der Waals surface area contributed by atoms with Crippen LogP contribution in [-0.4, -0.2) is 22.0 Å². The van der Waals surface area contributed by atoms with Gasteiger partial charge in [-0.3, -0.25) is 4.79 Å². The van der Waals surface area contributed by atoms with E-state index >= 15 is 0 Å². The van der Waals surface area contributed by atoms with E-state index < -0.39 is 0 Å². The number of hydrogen-bond donors (Lipinski definition) is 1. The number of aromatic nitrogens is 2. The number of nitrogens with zero attached hydrogens (tertiary/aromatic N) is 3. The maximum atomic E-state index is 12.4. The summed E-state index contributed by atoms with van der Waals surface area (Å²) in [5.41, 5.74) is 6.31. The van der Waals surface area contributed by atoms with Crippen LogP contribution in [0, 0.1) is 6.92 Å². The number of halogens is 1. The number of benzene rings is 3. The summed E-state index contributed by atoms with van der Waals surface area (Å²) in [6.45, 7) is 4.57. The summed E-state index contributed by atoms with van der Waals surface area (Å²) in [5, 5.41) is 3.77. The van der Waals surface area contributed by atoms with Crippen molar-refractivity contribution < 1.29 is 4.79 Å². The van der Waals surface area contributed by atoms with Crippen LogP contribution in [0.4, 0.5) is 11.4 Å². The molecule has 0 radical (unpaired) electrons. The van der Waals surface area contributed by atoms with E-state index in [-0.39, 0.29) is 5.91 Å². The van der Waals surface area contributed by atoms with Gasteiger partial charge in [-0.15, -0.1) is 0 Å². The van der Waals surface area contributed by atoms with Gasteiger partial charge in [-0.2, -0.15) is 0 Å². The third kappa shape index (κ3) is 4.21. The topological polar surface area (TPSA) is 50.2 Å². The lowest BCUT2D eigenvalue weighted by atomic mass is 10.1. The van der Waals surface area contributed by atoms with Crippen LogP contribution in [0.3, 0.4) is 0 Å². The van der Waals surface area contributed by atoms with Crippen LogP contribution in [0.2, 0.25) is 5.02 Å². The Morgan fingerprint density at radius 2 is 1.91 bits per heavy atom. The van der Waals surface area contributed by atoms with E-state index in [1.165, 1.54) is 5.56 Å². The van der Waals surface area contributed by atoms with Crippen LogP contribution >= 0.6 is 11.6 Å². The highest BCUT2D eigenvalue weighted by atomic mass is 35.5. The van der Waals surface area contributed by atoms with Gasteiger partial charge in [0.2, 0.25) is 5.91 Å².